The van der Waals surface area contributed by atoms with E-state index in [9.17, 15) is 9.18 Å². The van der Waals surface area contributed by atoms with Gasteiger partial charge in [-0.25, -0.2) is 4.39 Å². The fourth-order valence-corrected chi connectivity index (χ4v) is 3.50. The number of rotatable bonds is 5. The number of hydrogen-bond donors (Lipinski definition) is 0. The maximum atomic E-state index is 14.9. The molecule has 0 aliphatic heterocycles. The lowest BCUT2D eigenvalue weighted by atomic mass is 10.0. The summed E-state index contributed by atoms with van der Waals surface area (Å²) in [6.07, 6.45) is 0. The maximum Gasteiger partial charge on any atom is 0.279 e. The van der Waals surface area contributed by atoms with Crippen molar-refractivity contribution >= 4 is 10.8 Å². The molecule has 0 aliphatic carbocycles. The van der Waals surface area contributed by atoms with Gasteiger partial charge in [0.15, 0.2) is 11.6 Å². The van der Waals surface area contributed by atoms with Crippen LogP contribution in [-0.2, 0) is 6.61 Å². The number of aryl methyl sites for hydroxylation is 1. The van der Waals surface area contributed by atoms with Gasteiger partial charge in [-0.15, -0.1) is 0 Å². The normalized spacial score (nSPS) is 11.2. The summed E-state index contributed by atoms with van der Waals surface area (Å²) in [6, 6.07) is 20.0. The predicted molar refractivity (Wildman–Crippen MR) is 117 cm³/mol. The van der Waals surface area contributed by atoms with Gasteiger partial charge >= 0.3 is 0 Å². The maximum absolute atomic E-state index is 14.9. The van der Waals surface area contributed by atoms with E-state index in [1.54, 1.807) is 6.07 Å². The van der Waals surface area contributed by atoms with Crippen molar-refractivity contribution in [2.45, 2.75) is 33.3 Å². The molecule has 0 bridgehead atoms. The Hall–Kier alpha value is -3.47. The van der Waals surface area contributed by atoms with Gasteiger partial charge in [0.25, 0.3) is 5.56 Å². The van der Waals surface area contributed by atoms with Crippen molar-refractivity contribution in [3.8, 4) is 11.4 Å². The second-order valence-corrected chi connectivity index (χ2v) is 7.65. The van der Waals surface area contributed by atoms with Gasteiger partial charge in [-0.2, -0.15) is 9.78 Å². The minimum atomic E-state index is -0.562. The lowest BCUT2D eigenvalue weighted by molar-refractivity contribution is 0.291. The Morgan fingerprint density at radius 2 is 1.70 bits per heavy atom. The van der Waals surface area contributed by atoms with Gasteiger partial charge in [0.1, 0.15) is 6.61 Å². The molecule has 0 saturated heterocycles. The third-order valence-electron chi connectivity index (χ3n) is 5.11. The minimum absolute atomic E-state index is 0.0378. The van der Waals surface area contributed by atoms with Crippen LogP contribution in [0.2, 0.25) is 0 Å². The minimum Gasteiger partial charge on any atom is -0.486 e. The van der Waals surface area contributed by atoms with Crippen molar-refractivity contribution < 1.29 is 9.13 Å². The van der Waals surface area contributed by atoms with Crippen LogP contribution in [0.4, 0.5) is 4.39 Å². The Labute approximate surface area is 174 Å². The summed E-state index contributed by atoms with van der Waals surface area (Å²) in [5, 5.41) is 5.55. The van der Waals surface area contributed by atoms with Gasteiger partial charge < -0.3 is 4.74 Å². The molecule has 1 heterocycles. The molecule has 5 heteroatoms. The molecular weight excluding hydrogens is 379 g/mol. The van der Waals surface area contributed by atoms with Gasteiger partial charge in [0, 0.05) is 5.39 Å². The van der Waals surface area contributed by atoms with Crippen LogP contribution in [0.5, 0.6) is 5.75 Å². The highest BCUT2D eigenvalue weighted by Crippen LogP contribution is 2.29. The number of hydrogen-bond acceptors (Lipinski definition) is 3. The Balaban J connectivity index is 1.86. The molecule has 3 aromatic carbocycles. The second kappa shape index (κ2) is 8.11. The second-order valence-electron chi connectivity index (χ2n) is 7.65. The van der Waals surface area contributed by atoms with E-state index in [0.29, 0.717) is 16.5 Å². The van der Waals surface area contributed by atoms with Gasteiger partial charge in [0.05, 0.1) is 16.8 Å². The molecule has 0 amide bonds. The zero-order chi connectivity index (χ0) is 21.3. The van der Waals surface area contributed by atoms with E-state index in [2.05, 4.69) is 5.10 Å². The number of nitrogens with zero attached hydrogens (tertiary/aromatic N) is 2. The monoisotopic (exact) mass is 402 g/mol. The van der Waals surface area contributed by atoms with E-state index < -0.39 is 5.82 Å². The van der Waals surface area contributed by atoms with E-state index in [4.69, 9.17) is 4.74 Å². The van der Waals surface area contributed by atoms with Gasteiger partial charge in [-0.3, -0.25) is 4.79 Å². The van der Waals surface area contributed by atoms with Crippen molar-refractivity contribution in [2.24, 2.45) is 0 Å². The van der Waals surface area contributed by atoms with Crippen molar-refractivity contribution in [1.82, 2.24) is 9.78 Å². The molecule has 152 valence electrons. The summed E-state index contributed by atoms with van der Waals surface area (Å²) >= 11 is 0. The summed E-state index contributed by atoms with van der Waals surface area (Å²) in [7, 11) is 0. The molecule has 4 nitrogen and oxygen atoms in total. The molecule has 1 aromatic heterocycles. The van der Waals surface area contributed by atoms with Crippen LogP contribution >= 0.6 is 0 Å². The number of para-hydroxylation sites is 1. The number of halogens is 1. The molecule has 0 radical (unpaired) electrons. The van der Waals surface area contributed by atoms with Crippen LogP contribution in [0.1, 0.15) is 36.6 Å². The highest BCUT2D eigenvalue weighted by molar-refractivity contribution is 5.86. The molecule has 4 aromatic rings. The Kier molecular flexibility index (Phi) is 5.36. The van der Waals surface area contributed by atoms with E-state index >= 15 is 0 Å². The number of ether oxygens (including phenoxy) is 1. The number of aromatic nitrogens is 2. The summed E-state index contributed by atoms with van der Waals surface area (Å²) in [6.45, 7) is 6.17. The summed E-state index contributed by atoms with van der Waals surface area (Å²) in [4.78, 5) is 13.2. The highest BCUT2D eigenvalue weighted by Gasteiger charge is 2.18. The van der Waals surface area contributed by atoms with Crippen molar-refractivity contribution in [2.75, 3.05) is 0 Å². The first kappa shape index (κ1) is 19.8. The molecule has 0 fully saturated rings. The molecule has 0 spiro atoms. The largest absolute Gasteiger partial charge is 0.486 e. The first-order chi connectivity index (χ1) is 14.5. The van der Waals surface area contributed by atoms with Crippen LogP contribution in [0.25, 0.3) is 16.5 Å². The Morgan fingerprint density at radius 1 is 1.00 bits per heavy atom. The first-order valence-corrected chi connectivity index (χ1v) is 9.95. The Bertz CT molecular complexity index is 1260. The average Bonchev–Trinajstić information content (AvgIpc) is 2.74. The van der Waals surface area contributed by atoms with Gasteiger partial charge in [0.2, 0.25) is 0 Å². The molecule has 0 unspecified atom stereocenters. The van der Waals surface area contributed by atoms with Crippen LogP contribution in [-0.4, -0.2) is 9.78 Å². The molecule has 4 rings (SSSR count). The molecular formula is C25H23FN2O2. The lowest BCUT2D eigenvalue weighted by Gasteiger charge is -2.16. The topological polar surface area (TPSA) is 44.1 Å². The summed E-state index contributed by atoms with van der Waals surface area (Å²) in [5.74, 6) is -0.410. The first-order valence-electron chi connectivity index (χ1n) is 9.95. The van der Waals surface area contributed by atoms with Crippen LogP contribution in [0, 0.1) is 12.7 Å². The van der Waals surface area contributed by atoms with Crippen molar-refractivity contribution in [1.29, 1.82) is 0 Å². The van der Waals surface area contributed by atoms with Crippen LogP contribution in [0.3, 0.4) is 0 Å². The lowest BCUT2D eigenvalue weighted by Crippen LogP contribution is -2.24. The quantitative estimate of drug-likeness (QED) is 0.440. The molecule has 0 N–H and O–H groups in total. The Morgan fingerprint density at radius 3 is 2.40 bits per heavy atom. The van der Waals surface area contributed by atoms with E-state index in [1.165, 1.54) is 10.7 Å². The molecule has 30 heavy (non-hydrogen) atoms. The highest BCUT2D eigenvalue weighted by atomic mass is 19.1. The molecule has 0 aliphatic rings. The zero-order valence-electron chi connectivity index (χ0n) is 17.2. The van der Waals surface area contributed by atoms with Crippen molar-refractivity contribution in [3.05, 3.63) is 99.7 Å². The third kappa shape index (κ3) is 3.71. The van der Waals surface area contributed by atoms with Gasteiger partial charge in [-0.1, -0.05) is 62.4 Å². The SMILES string of the molecule is Cc1ccccc1-n1nc(C(C)C)c2cc(OCc3ccccc3)c(F)cc2c1=O. The average molecular weight is 402 g/mol. The number of fused-ring (bicyclic) bond motifs is 1. The summed E-state index contributed by atoms with van der Waals surface area (Å²) < 4.78 is 22.0. The van der Waals surface area contributed by atoms with E-state index in [-0.39, 0.29) is 23.8 Å². The zero-order valence-corrected chi connectivity index (χ0v) is 17.2. The smallest absolute Gasteiger partial charge is 0.279 e. The van der Waals surface area contributed by atoms with E-state index in [1.807, 2.05) is 75.4 Å². The number of benzene rings is 3. The molecule has 0 saturated carbocycles. The van der Waals surface area contributed by atoms with Crippen LogP contribution in [0.15, 0.2) is 71.5 Å². The van der Waals surface area contributed by atoms with Crippen molar-refractivity contribution in [3.63, 3.8) is 0 Å². The van der Waals surface area contributed by atoms with E-state index in [0.717, 1.165) is 16.8 Å². The fraction of sp³-hybridized carbons (Fsp3) is 0.200. The standard InChI is InChI=1S/C25H23FN2O2/c1-16(2)24-19-14-23(30-15-18-10-5-4-6-11-18)21(26)13-20(19)25(29)28(27-24)22-12-8-7-9-17(22)3/h4-14,16H,15H2,1-3H3. The predicted octanol–water partition coefficient (Wildman–Crippen LogP) is 5.54. The van der Waals surface area contributed by atoms with Gasteiger partial charge in [-0.05, 0) is 42.2 Å². The van der Waals surface area contributed by atoms with Crippen LogP contribution < -0.4 is 10.3 Å². The fourth-order valence-electron chi connectivity index (χ4n) is 3.50. The third-order valence-corrected chi connectivity index (χ3v) is 5.11. The summed E-state index contributed by atoms with van der Waals surface area (Å²) in [5.41, 5.74) is 2.92. The molecule has 0 atom stereocenters.